The SMILES string of the molecule is CN(C)c1ccc(/C=N/NC(=O)CNC2CCCCC2)cc1. The molecule has 1 amide bonds. The van der Waals surface area contributed by atoms with Crippen molar-refractivity contribution in [3.63, 3.8) is 0 Å². The second kappa shape index (κ2) is 8.54. The smallest absolute Gasteiger partial charge is 0.254 e. The van der Waals surface area contributed by atoms with Gasteiger partial charge in [-0.2, -0.15) is 5.10 Å². The number of benzene rings is 1. The second-order valence-corrected chi connectivity index (χ2v) is 5.99. The number of rotatable bonds is 6. The highest BCUT2D eigenvalue weighted by atomic mass is 16.2. The van der Waals surface area contributed by atoms with Crippen LogP contribution in [0.15, 0.2) is 29.4 Å². The predicted molar refractivity (Wildman–Crippen MR) is 91.4 cm³/mol. The lowest BCUT2D eigenvalue weighted by Gasteiger charge is -2.22. The van der Waals surface area contributed by atoms with E-state index in [1.54, 1.807) is 6.21 Å². The van der Waals surface area contributed by atoms with Gasteiger partial charge in [-0.25, -0.2) is 5.43 Å². The van der Waals surface area contributed by atoms with Gasteiger partial charge in [-0.15, -0.1) is 0 Å². The Morgan fingerprint density at radius 1 is 1.23 bits per heavy atom. The quantitative estimate of drug-likeness (QED) is 0.625. The zero-order valence-electron chi connectivity index (χ0n) is 13.5. The molecule has 1 saturated carbocycles. The molecule has 1 aromatic carbocycles. The Balaban J connectivity index is 1.70. The average molecular weight is 302 g/mol. The van der Waals surface area contributed by atoms with Gasteiger partial charge in [0.25, 0.3) is 5.91 Å². The van der Waals surface area contributed by atoms with Crippen molar-refractivity contribution in [2.24, 2.45) is 5.10 Å². The first-order valence-electron chi connectivity index (χ1n) is 7.98. The fourth-order valence-electron chi connectivity index (χ4n) is 2.62. The van der Waals surface area contributed by atoms with Crippen LogP contribution in [0.25, 0.3) is 0 Å². The lowest BCUT2D eigenvalue weighted by molar-refractivity contribution is -0.120. The summed E-state index contributed by atoms with van der Waals surface area (Å²) in [6.45, 7) is 0.335. The number of hydrogen-bond donors (Lipinski definition) is 2. The molecule has 1 fully saturated rings. The fraction of sp³-hybridized carbons (Fsp3) is 0.529. The van der Waals surface area contributed by atoms with E-state index < -0.39 is 0 Å². The minimum atomic E-state index is -0.0910. The van der Waals surface area contributed by atoms with Gasteiger partial charge >= 0.3 is 0 Å². The van der Waals surface area contributed by atoms with Crippen LogP contribution in [0.5, 0.6) is 0 Å². The molecule has 0 bridgehead atoms. The molecule has 1 aliphatic carbocycles. The average Bonchev–Trinajstić information content (AvgIpc) is 2.54. The summed E-state index contributed by atoms with van der Waals surface area (Å²) in [5, 5.41) is 7.30. The van der Waals surface area contributed by atoms with Crippen LogP contribution in [0.4, 0.5) is 5.69 Å². The van der Waals surface area contributed by atoms with Gasteiger partial charge < -0.3 is 10.2 Å². The Bertz CT molecular complexity index is 490. The summed E-state index contributed by atoms with van der Waals surface area (Å²) >= 11 is 0. The minimum absolute atomic E-state index is 0.0910. The molecule has 5 nitrogen and oxygen atoms in total. The Morgan fingerprint density at radius 2 is 1.91 bits per heavy atom. The zero-order chi connectivity index (χ0) is 15.8. The van der Waals surface area contributed by atoms with Crippen LogP contribution in [-0.4, -0.2) is 38.8 Å². The van der Waals surface area contributed by atoms with Crippen LogP contribution in [0, 0.1) is 0 Å². The summed E-state index contributed by atoms with van der Waals surface area (Å²) in [5.41, 5.74) is 4.67. The van der Waals surface area contributed by atoms with E-state index in [1.807, 2.05) is 43.3 Å². The molecule has 120 valence electrons. The molecule has 5 heteroatoms. The Morgan fingerprint density at radius 3 is 2.55 bits per heavy atom. The number of carbonyl (C=O) groups is 1. The van der Waals surface area contributed by atoms with Crippen molar-refractivity contribution >= 4 is 17.8 Å². The van der Waals surface area contributed by atoms with E-state index in [-0.39, 0.29) is 5.91 Å². The molecule has 22 heavy (non-hydrogen) atoms. The van der Waals surface area contributed by atoms with E-state index in [4.69, 9.17) is 0 Å². The molecule has 1 aromatic rings. The van der Waals surface area contributed by atoms with Crippen molar-refractivity contribution in [2.75, 3.05) is 25.5 Å². The number of hydrogen-bond acceptors (Lipinski definition) is 4. The monoisotopic (exact) mass is 302 g/mol. The molecule has 0 spiro atoms. The first kappa shape index (κ1) is 16.5. The topological polar surface area (TPSA) is 56.7 Å². The van der Waals surface area contributed by atoms with Gasteiger partial charge in [-0.3, -0.25) is 4.79 Å². The van der Waals surface area contributed by atoms with E-state index in [0.717, 1.165) is 11.3 Å². The third kappa shape index (κ3) is 5.48. The standard InChI is InChI=1S/C17H26N4O/c1-21(2)16-10-8-14(9-11-16)12-19-20-17(22)13-18-15-6-4-3-5-7-15/h8-12,15,18H,3-7,13H2,1-2H3,(H,20,22)/b19-12+. The number of nitrogens with zero attached hydrogens (tertiary/aromatic N) is 2. The van der Waals surface area contributed by atoms with Crippen LogP contribution < -0.4 is 15.6 Å². The lowest BCUT2D eigenvalue weighted by atomic mass is 9.95. The van der Waals surface area contributed by atoms with Crippen LogP contribution >= 0.6 is 0 Å². The van der Waals surface area contributed by atoms with E-state index >= 15 is 0 Å². The number of hydrazone groups is 1. The first-order valence-corrected chi connectivity index (χ1v) is 7.98. The summed E-state index contributed by atoms with van der Waals surface area (Å²) in [4.78, 5) is 13.8. The zero-order valence-corrected chi connectivity index (χ0v) is 13.5. The van der Waals surface area contributed by atoms with Crippen molar-refractivity contribution in [1.29, 1.82) is 0 Å². The highest BCUT2D eigenvalue weighted by Gasteiger charge is 2.13. The highest BCUT2D eigenvalue weighted by molar-refractivity contribution is 5.83. The number of anilines is 1. The van der Waals surface area contributed by atoms with E-state index in [9.17, 15) is 4.79 Å². The van der Waals surface area contributed by atoms with Crippen molar-refractivity contribution in [3.05, 3.63) is 29.8 Å². The first-order chi connectivity index (χ1) is 10.6. The van der Waals surface area contributed by atoms with Crippen LogP contribution in [0.3, 0.4) is 0 Å². The summed E-state index contributed by atoms with van der Waals surface area (Å²) in [6.07, 6.45) is 7.86. The van der Waals surface area contributed by atoms with Crippen LogP contribution in [0.1, 0.15) is 37.7 Å². The third-order valence-corrected chi connectivity index (χ3v) is 3.97. The molecular formula is C17H26N4O. The van der Waals surface area contributed by atoms with Gasteiger partial charge in [0.05, 0.1) is 12.8 Å². The lowest BCUT2D eigenvalue weighted by Crippen LogP contribution is -2.38. The minimum Gasteiger partial charge on any atom is -0.378 e. The van der Waals surface area contributed by atoms with Gasteiger partial charge in [-0.05, 0) is 30.5 Å². The van der Waals surface area contributed by atoms with E-state index in [0.29, 0.717) is 12.6 Å². The summed E-state index contributed by atoms with van der Waals surface area (Å²) in [7, 11) is 4.01. The second-order valence-electron chi connectivity index (χ2n) is 5.99. The molecule has 0 unspecified atom stereocenters. The molecule has 0 heterocycles. The number of amides is 1. The molecule has 0 aliphatic heterocycles. The molecule has 0 saturated heterocycles. The fourth-order valence-corrected chi connectivity index (χ4v) is 2.62. The molecule has 0 radical (unpaired) electrons. The normalized spacial score (nSPS) is 15.9. The highest BCUT2D eigenvalue weighted by Crippen LogP contribution is 2.16. The summed E-state index contributed by atoms with van der Waals surface area (Å²) < 4.78 is 0. The maximum Gasteiger partial charge on any atom is 0.254 e. The Kier molecular flexibility index (Phi) is 6.40. The summed E-state index contributed by atoms with van der Waals surface area (Å²) in [6, 6.07) is 8.49. The maximum absolute atomic E-state index is 11.7. The number of nitrogens with one attached hydrogen (secondary N) is 2. The largest absolute Gasteiger partial charge is 0.378 e. The molecule has 0 aromatic heterocycles. The van der Waals surface area contributed by atoms with Gasteiger partial charge in [0.1, 0.15) is 0 Å². The van der Waals surface area contributed by atoms with Crippen LogP contribution in [0.2, 0.25) is 0 Å². The maximum atomic E-state index is 11.7. The number of carbonyl (C=O) groups excluding carboxylic acids is 1. The molecule has 2 rings (SSSR count). The summed E-state index contributed by atoms with van der Waals surface area (Å²) in [5.74, 6) is -0.0910. The van der Waals surface area contributed by atoms with Gasteiger partial charge in [0.15, 0.2) is 0 Å². The molecule has 0 atom stereocenters. The van der Waals surface area contributed by atoms with Gasteiger partial charge in [0, 0.05) is 25.8 Å². The third-order valence-electron chi connectivity index (χ3n) is 3.97. The molecule has 2 N–H and O–H groups in total. The van der Waals surface area contributed by atoms with Gasteiger partial charge in [-0.1, -0.05) is 31.4 Å². The van der Waals surface area contributed by atoms with E-state index in [2.05, 4.69) is 15.8 Å². The molecule has 1 aliphatic rings. The van der Waals surface area contributed by atoms with E-state index in [1.165, 1.54) is 32.1 Å². The van der Waals surface area contributed by atoms with Crippen molar-refractivity contribution < 1.29 is 4.79 Å². The van der Waals surface area contributed by atoms with Crippen molar-refractivity contribution in [2.45, 2.75) is 38.1 Å². The Labute approximate surface area is 132 Å². The Hall–Kier alpha value is -1.88. The van der Waals surface area contributed by atoms with Crippen molar-refractivity contribution in [1.82, 2.24) is 10.7 Å². The van der Waals surface area contributed by atoms with Crippen molar-refractivity contribution in [3.8, 4) is 0 Å². The van der Waals surface area contributed by atoms with Gasteiger partial charge in [0.2, 0.25) is 0 Å². The predicted octanol–water partition coefficient (Wildman–Crippen LogP) is 2.12. The van der Waals surface area contributed by atoms with Crippen LogP contribution in [-0.2, 0) is 4.79 Å². The molecular weight excluding hydrogens is 276 g/mol.